The summed E-state index contributed by atoms with van der Waals surface area (Å²) >= 11 is 0. The summed E-state index contributed by atoms with van der Waals surface area (Å²) in [4.78, 5) is 20.0. The Bertz CT molecular complexity index is 556. The van der Waals surface area contributed by atoms with Gasteiger partial charge in [0.1, 0.15) is 5.69 Å². The fraction of sp³-hybridized carbons (Fsp3) is 0.429. The van der Waals surface area contributed by atoms with Crippen LogP contribution in [-0.4, -0.2) is 41.3 Å². The molecule has 0 aliphatic carbocycles. The van der Waals surface area contributed by atoms with Gasteiger partial charge in [-0.05, 0) is 18.6 Å². The molecule has 1 amide bonds. The predicted octanol–water partition coefficient (Wildman–Crippen LogP) is 1.22. The second-order valence-electron chi connectivity index (χ2n) is 4.42. The fourth-order valence-corrected chi connectivity index (χ4v) is 1.71. The SMILES string of the molecule is COCCCNC(=O)CCc1nc(-c2ccccn2)no1. The molecule has 2 aromatic rings. The van der Waals surface area contributed by atoms with Crippen LogP contribution < -0.4 is 5.32 Å². The lowest BCUT2D eigenvalue weighted by Crippen LogP contribution is -2.25. The van der Waals surface area contributed by atoms with Gasteiger partial charge in [0.2, 0.25) is 17.6 Å². The van der Waals surface area contributed by atoms with Crippen molar-refractivity contribution >= 4 is 5.91 Å². The molecule has 21 heavy (non-hydrogen) atoms. The van der Waals surface area contributed by atoms with Crippen LogP contribution in [0.15, 0.2) is 28.9 Å². The topological polar surface area (TPSA) is 90.1 Å². The van der Waals surface area contributed by atoms with Crippen LogP contribution in [0.3, 0.4) is 0 Å². The minimum absolute atomic E-state index is 0.0383. The van der Waals surface area contributed by atoms with E-state index in [4.69, 9.17) is 9.26 Å². The molecular formula is C14H18N4O3. The van der Waals surface area contributed by atoms with Crippen LogP contribution in [0, 0.1) is 0 Å². The first kappa shape index (κ1) is 15.1. The number of carbonyl (C=O) groups excluding carboxylic acids is 1. The zero-order valence-corrected chi connectivity index (χ0v) is 11.9. The highest BCUT2D eigenvalue weighted by atomic mass is 16.5. The van der Waals surface area contributed by atoms with Crippen molar-refractivity contribution in [2.45, 2.75) is 19.3 Å². The first-order valence-electron chi connectivity index (χ1n) is 6.79. The fourth-order valence-electron chi connectivity index (χ4n) is 1.71. The number of nitrogens with one attached hydrogen (secondary N) is 1. The van der Waals surface area contributed by atoms with Crippen molar-refractivity contribution in [3.8, 4) is 11.5 Å². The second kappa shape index (κ2) is 8.11. The molecule has 0 saturated carbocycles. The van der Waals surface area contributed by atoms with Gasteiger partial charge in [-0.1, -0.05) is 11.2 Å². The summed E-state index contributed by atoms with van der Waals surface area (Å²) in [5.74, 6) is 0.831. The van der Waals surface area contributed by atoms with E-state index in [1.807, 2.05) is 12.1 Å². The van der Waals surface area contributed by atoms with Crippen LogP contribution in [-0.2, 0) is 16.0 Å². The van der Waals surface area contributed by atoms with Crippen molar-refractivity contribution in [3.63, 3.8) is 0 Å². The summed E-state index contributed by atoms with van der Waals surface area (Å²) in [5.41, 5.74) is 0.650. The Hall–Kier alpha value is -2.28. The number of methoxy groups -OCH3 is 1. The van der Waals surface area contributed by atoms with E-state index in [0.29, 0.717) is 43.4 Å². The minimum Gasteiger partial charge on any atom is -0.385 e. The number of nitrogens with zero attached hydrogens (tertiary/aromatic N) is 3. The largest absolute Gasteiger partial charge is 0.385 e. The van der Waals surface area contributed by atoms with Crippen molar-refractivity contribution in [1.82, 2.24) is 20.4 Å². The molecule has 7 heteroatoms. The van der Waals surface area contributed by atoms with Gasteiger partial charge in [0.15, 0.2) is 0 Å². The van der Waals surface area contributed by atoms with Gasteiger partial charge < -0.3 is 14.6 Å². The monoisotopic (exact) mass is 290 g/mol. The molecule has 0 bridgehead atoms. The van der Waals surface area contributed by atoms with Crippen LogP contribution in [0.1, 0.15) is 18.7 Å². The number of carbonyl (C=O) groups is 1. The van der Waals surface area contributed by atoms with Crippen LogP contribution in [0.2, 0.25) is 0 Å². The van der Waals surface area contributed by atoms with Crippen molar-refractivity contribution in [3.05, 3.63) is 30.3 Å². The Morgan fingerprint density at radius 2 is 2.33 bits per heavy atom. The third-order valence-electron chi connectivity index (χ3n) is 2.78. The van der Waals surface area contributed by atoms with Gasteiger partial charge in [0, 0.05) is 39.3 Å². The van der Waals surface area contributed by atoms with Gasteiger partial charge in [-0.25, -0.2) is 0 Å². The van der Waals surface area contributed by atoms with Crippen LogP contribution >= 0.6 is 0 Å². The van der Waals surface area contributed by atoms with Crippen LogP contribution in [0.4, 0.5) is 0 Å². The molecule has 0 aliphatic rings. The quantitative estimate of drug-likeness (QED) is 0.735. The van der Waals surface area contributed by atoms with E-state index in [2.05, 4.69) is 20.4 Å². The smallest absolute Gasteiger partial charge is 0.227 e. The highest BCUT2D eigenvalue weighted by Gasteiger charge is 2.10. The van der Waals surface area contributed by atoms with E-state index in [9.17, 15) is 4.79 Å². The molecular weight excluding hydrogens is 272 g/mol. The highest BCUT2D eigenvalue weighted by molar-refractivity contribution is 5.75. The molecule has 7 nitrogen and oxygen atoms in total. The third-order valence-corrected chi connectivity index (χ3v) is 2.78. The Morgan fingerprint density at radius 1 is 1.43 bits per heavy atom. The molecule has 0 atom stereocenters. The maximum atomic E-state index is 11.6. The number of ether oxygens (including phenoxy) is 1. The third kappa shape index (κ3) is 4.96. The normalized spacial score (nSPS) is 10.5. The average molecular weight is 290 g/mol. The Labute approximate surface area is 122 Å². The second-order valence-corrected chi connectivity index (χ2v) is 4.42. The predicted molar refractivity (Wildman–Crippen MR) is 75.4 cm³/mol. The molecule has 0 saturated heterocycles. The van der Waals surface area contributed by atoms with E-state index < -0.39 is 0 Å². The number of amides is 1. The standard InChI is InChI=1S/C14H18N4O3/c1-20-10-4-9-16-12(19)6-7-13-17-14(18-21-13)11-5-2-3-8-15-11/h2-3,5,8H,4,6-7,9-10H2,1H3,(H,16,19). The van der Waals surface area contributed by atoms with Crippen molar-refractivity contribution < 1.29 is 14.1 Å². The van der Waals surface area contributed by atoms with E-state index >= 15 is 0 Å². The number of rotatable bonds is 8. The number of aromatic nitrogens is 3. The van der Waals surface area contributed by atoms with Crippen LogP contribution in [0.25, 0.3) is 11.5 Å². The summed E-state index contributed by atoms with van der Waals surface area (Å²) in [6.07, 6.45) is 3.19. The molecule has 2 rings (SSSR count). The summed E-state index contributed by atoms with van der Waals surface area (Å²) in [7, 11) is 1.64. The number of hydrogen-bond donors (Lipinski definition) is 1. The molecule has 0 aliphatic heterocycles. The average Bonchev–Trinajstić information content (AvgIpc) is 2.99. The van der Waals surface area contributed by atoms with Gasteiger partial charge in [0.25, 0.3) is 0 Å². The summed E-state index contributed by atoms with van der Waals surface area (Å²) in [6.45, 7) is 1.24. The number of aryl methyl sites for hydroxylation is 1. The molecule has 2 heterocycles. The molecule has 0 spiro atoms. The summed E-state index contributed by atoms with van der Waals surface area (Å²) in [6, 6.07) is 5.47. The zero-order valence-electron chi connectivity index (χ0n) is 11.9. The molecule has 112 valence electrons. The Balaban J connectivity index is 1.77. The van der Waals surface area contributed by atoms with Crippen molar-refractivity contribution in [2.75, 3.05) is 20.3 Å². The van der Waals surface area contributed by atoms with E-state index in [-0.39, 0.29) is 5.91 Å². The maximum Gasteiger partial charge on any atom is 0.227 e. The highest BCUT2D eigenvalue weighted by Crippen LogP contribution is 2.12. The number of hydrogen-bond acceptors (Lipinski definition) is 6. The molecule has 0 radical (unpaired) electrons. The van der Waals surface area contributed by atoms with Gasteiger partial charge >= 0.3 is 0 Å². The lowest BCUT2D eigenvalue weighted by molar-refractivity contribution is -0.121. The first-order valence-corrected chi connectivity index (χ1v) is 6.79. The minimum atomic E-state index is -0.0383. The van der Waals surface area contributed by atoms with Crippen molar-refractivity contribution in [2.24, 2.45) is 0 Å². The zero-order chi connectivity index (χ0) is 14.9. The molecule has 0 aromatic carbocycles. The van der Waals surface area contributed by atoms with Gasteiger partial charge in [0.05, 0.1) is 0 Å². The summed E-state index contributed by atoms with van der Waals surface area (Å²) < 4.78 is 10.0. The van der Waals surface area contributed by atoms with Gasteiger partial charge in [-0.15, -0.1) is 0 Å². The summed E-state index contributed by atoms with van der Waals surface area (Å²) in [5, 5.41) is 6.66. The lowest BCUT2D eigenvalue weighted by Gasteiger charge is -2.02. The van der Waals surface area contributed by atoms with E-state index in [1.165, 1.54) is 0 Å². The lowest BCUT2D eigenvalue weighted by atomic mass is 10.3. The Morgan fingerprint density at radius 3 is 3.10 bits per heavy atom. The van der Waals surface area contributed by atoms with Crippen molar-refractivity contribution in [1.29, 1.82) is 0 Å². The van der Waals surface area contributed by atoms with E-state index in [0.717, 1.165) is 6.42 Å². The Kier molecular flexibility index (Phi) is 5.83. The molecule has 0 fully saturated rings. The number of pyridine rings is 1. The van der Waals surface area contributed by atoms with Crippen LogP contribution in [0.5, 0.6) is 0 Å². The molecule has 1 N–H and O–H groups in total. The molecule has 2 aromatic heterocycles. The van der Waals surface area contributed by atoms with Gasteiger partial charge in [-0.3, -0.25) is 9.78 Å². The van der Waals surface area contributed by atoms with Gasteiger partial charge in [-0.2, -0.15) is 4.98 Å². The maximum absolute atomic E-state index is 11.6. The molecule has 0 unspecified atom stereocenters. The van der Waals surface area contributed by atoms with E-state index in [1.54, 1.807) is 19.4 Å². The first-order chi connectivity index (χ1) is 10.3.